The predicted octanol–water partition coefficient (Wildman–Crippen LogP) is 3.54. The van der Waals surface area contributed by atoms with Crippen molar-refractivity contribution in [2.75, 3.05) is 0 Å². The van der Waals surface area contributed by atoms with Crippen LogP contribution in [0, 0.1) is 35.5 Å². The van der Waals surface area contributed by atoms with Crippen LogP contribution in [0.4, 0.5) is 0 Å². The maximum Gasteiger partial charge on any atom is 0.303 e. The normalized spacial score (nSPS) is 31.6. The van der Waals surface area contributed by atoms with Gasteiger partial charge < -0.3 is 15.3 Å². The van der Waals surface area contributed by atoms with Crippen LogP contribution in [0.3, 0.4) is 0 Å². The van der Waals surface area contributed by atoms with Crippen LogP contribution in [0.1, 0.15) is 58.8 Å². The maximum absolute atomic E-state index is 10.6. The summed E-state index contributed by atoms with van der Waals surface area (Å²) in [5.74, 6) is 6.25. The summed E-state index contributed by atoms with van der Waals surface area (Å²) in [4.78, 5) is 10.6. The van der Waals surface area contributed by atoms with Gasteiger partial charge in [0.05, 0.1) is 12.2 Å². The van der Waals surface area contributed by atoms with Gasteiger partial charge >= 0.3 is 5.97 Å². The lowest BCUT2D eigenvalue weighted by Crippen LogP contribution is -2.19. The second kappa shape index (κ2) is 9.94. The molecule has 144 valence electrons. The van der Waals surface area contributed by atoms with Crippen molar-refractivity contribution in [3.8, 4) is 11.8 Å². The number of aliphatic hydroxyl groups excluding tert-OH is 2. The highest BCUT2D eigenvalue weighted by Crippen LogP contribution is 2.50. The van der Waals surface area contributed by atoms with Gasteiger partial charge in [0, 0.05) is 18.8 Å². The molecule has 4 heteroatoms. The summed E-state index contributed by atoms with van der Waals surface area (Å²) in [7, 11) is 0. The van der Waals surface area contributed by atoms with E-state index < -0.39 is 12.1 Å². The molecule has 0 saturated heterocycles. The lowest BCUT2D eigenvalue weighted by molar-refractivity contribution is -0.137. The number of unbranched alkanes of at least 4 members (excludes halogenated alkanes) is 1. The van der Waals surface area contributed by atoms with Gasteiger partial charge in [-0.3, -0.25) is 4.79 Å². The lowest BCUT2D eigenvalue weighted by Gasteiger charge is -2.19. The van der Waals surface area contributed by atoms with Gasteiger partial charge in [0.25, 0.3) is 0 Å². The van der Waals surface area contributed by atoms with Gasteiger partial charge in [0.1, 0.15) is 0 Å². The van der Waals surface area contributed by atoms with E-state index in [1.807, 2.05) is 19.1 Å². The molecule has 0 heterocycles. The Bertz CT molecular complexity index is 595. The van der Waals surface area contributed by atoms with Gasteiger partial charge in [0.2, 0.25) is 0 Å². The Morgan fingerprint density at radius 2 is 2.15 bits per heavy atom. The van der Waals surface area contributed by atoms with E-state index in [1.54, 1.807) is 6.92 Å². The molecule has 0 aromatic heterocycles. The number of allylic oxidation sites excluding steroid dienone is 2. The minimum atomic E-state index is -0.738. The Balaban J connectivity index is 1.89. The molecule has 2 saturated carbocycles. The van der Waals surface area contributed by atoms with Gasteiger partial charge in [-0.15, -0.1) is 11.8 Å². The molecule has 0 aliphatic heterocycles. The number of carbonyl (C=O) groups is 1. The number of hydrogen-bond donors (Lipinski definition) is 3. The van der Waals surface area contributed by atoms with Crippen LogP contribution in [-0.4, -0.2) is 33.5 Å². The summed E-state index contributed by atoms with van der Waals surface area (Å²) < 4.78 is 0. The zero-order chi connectivity index (χ0) is 19.1. The molecule has 2 aliphatic carbocycles. The van der Waals surface area contributed by atoms with Crippen molar-refractivity contribution in [2.24, 2.45) is 23.7 Å². The average Bonchev–Trinajstić information content (AvgIpc) is 3.10. The van der Waals surface area contributed by atoms with Crippen LogP contribution < -0.4 is 0 Å². The molecule has 2 aliphatic rings. The molecular formula is C22H32O4. The van der Waals surface area contributed by atoms with Crippen molar-refractivity contribution in [2.45, 2.75) is 71.0 Å². The zero-order valence-corrected chi connectivity index (χ0v) is 15.9. The van der Waals surface area contributed by atoms with E-state index in [-0.39, 0.29) is 24.4 Å². The van der Waals surface area contributed by atoms with Crippen molar-refractivity contribution >= 4 is 5.97 Å². The first-order valence-electron chi connectivity index (χ1n) is 9.76. The van der Waals surface area contributed by atoms with Crippen LogP contribution in [0.25, 0.3) is 0 Å². The summed E-state index contributed by atoms with van der Waals surface area (Å²) in [5.41, 5.74) is 1.41. The van der Waals surface area contributed by atoms with E-state index in [0.717, 1.165) is 25.7 Å². The Hall–Kier alpha value is -1.57. The highest BCUT2D eigenvalue weighted by Gasteiger charge is 2.44. The molecule has 0 bridgehead atoms. The summed E-state index contributed by atoms with van der Waals surface area (Å²) >= 11 is 0. The molecule has 0 spiro atoms. The number of hydrogen-bond acceptors (Lipinski definition) is 3. The third-order valence-electron chi connectivity index (χ3n) is 5.85. The Labute approximate surface area is 157 Å². The van der Waals surface area contributed by atoms with Crippen molar-refractivity contribution in [3.05, 3.63) is 23.8 Å². The molecule has 26 heavy (non-hydrogen) atoms. The fourth-order valence-corrected chi connectivity index (χ4v) is 4.31. The van der Waals surface area contributed by atoms with Crippen LogP contribution in [0.2, 0.25) is 0 Å². The number of aliphatic hydroxyl groups is 2. The van der Waals surface area contributed by atoms with Crippen molar-refractivity contribution in [1.82, 2.24) is 0 Å². The number of carboxylic acids is 1. The monoisotopic (exact) mass is 360 g/mol. The topological polar surface area (TPSA) is 77.8 Å². The maximum atomic E-state index is 10.6. The smallest absolute Gasteiger partial charge is 0.303 e. The summed E-state index contributed by atoms with van der Waals surface area (Å²) in [5, 5.41) is 29.4. The standard InChI is InChI=1S/C22H32O4/c1-3-4-7-15(2)20(23)11-10-18-19-13-16(8-5-6-9-22(25)26)12-17(19)14-21(18)24/h8,10-11,15,17-21,23-24H,5-7,9,12-14H2,1-2H3,(H,25,26)/b11-10+,16-8-/t15-,17+,18-,19+,20-,21-/m1/s1. The Morgan fingerprint density at radius 3 is 2.85 bits per heavy atom. The third kappa shape index (κ3) is 5.72. The minimum absolute atomic E-state index is 0.0845. The quantitative estimate of drug-likeness (QED) is 0.351. The van der Waals surface area contributed by atoms with Gasteiger partial charge in [-0.1, -0.05) is 30.7 Å². The first-order valence-corrected chi connectivity index (χ1v) is 9.76. The fourth-order valence-electron chi connectivity index (χ4n) is 4.31. The zero-order valence-electron chi connectivity index (χ0n) is 15.9. The largest absolute Gasteiger partial charge is 0.481 e. The molecular weight excluding hydrogens is 328 g/mol. The summed E-state index contributed by atoms with van der Waals surface area (Å²) in [6.45, 7) is 3.79. The second-order valence-corrected chi connectivity index (χ2v) is 7.84. The minimum Gasteiger partial charge on any atom is -0.481 e. The van der Waals surface area contributed by atoms with E-state index in [4.69, 9.17) is 5.11 Å². The van der Waals surface area contributed by atoms with Crippen LogP contribution in [0.15, 0.2) is 23.8 Å². The molecule has 2 rings (SSSR count). The van der Waals surface area contributed by atoms with Crippen molar-refractivity contribution in [1.29, 1.82) is 0 Å². The van der Waals surface area contributed by atoms with Crippen LogP contribution in [0.5, 0.6) is 0 Å². The second-order valence-electron chi connectivity index (χ2n) is 7.84. The summed E-state index contributed by atoms with van der Waals surface area (Å²) in [6, 6.07) is 0. The molecule has 0 amide bonds. The van der Waals surface area contributed by atoms with Gasteiger partial charge in [-0.2, -0.15) is 0 Å². The molecule has 4 nitrogen and oxygen atoms in total. The highest BCUT2D eigenvalue weighted by molar-refractivity contribution is 5.66. The first-order chi connectivity index (χ1) is 12.4. The van der Waals surface area contributed by atoms with Gasteiger partial charge in [-0.25, -0.2) is 0 Å². The van der Waals surface area contributed by atoms with E-state index in [9.17, 15) is 15.0 Å². The van der Waals surface area contributed by atoms with E-state index in [1.165, 1.54) is 5.57 Å². The average molecular weight is 360 g/mol. The van der Waals surface area contributed by atoms with Crippen LogP contribution in [-0.2, 0) is 4.79 Å². The van der Waals surface area contributed by atoms with E-state index in [2.05, 4.69) is 17.9 Å². The fraction of sp³-hybridized carbons (Fsp3) is 0.682. The summed E-state index contributed by atoms with van der Waals surface area (Å²) in [6.07, 6.45) is 10.4. The highest BCUT2D eigenvalue weighted by atomic mass is 16.4. The van der Waals surface area contributed by atoms with E-state index in [0.29, 0.717) is 24.7 Å². The molecule has 0 unspecified atom stereocenters. The molecule has 3 N–H and O–H groups in total. The predicted molar refractivity (Wildman–Crippen MR) is 102 cm³/mol. The number of fused-ring (bicyclic) bond motifs is 1. The number of carboxylic acid groups (broad SMARTS) is 1. The molecule has 0 radical (unpaired) electrons. The Kier molecular flexibility index (Phi) is 7.93. The lowest BCUT2D eigenvalue weighted by atomic mass is 9.89. The molecule has 0 aromatic rings. The van der Waals surface area contributed by atoms with E-state index >= 15 is 0 Å². The first kappa shape index (κ1) is 20.7. The number of rotatable bonds is 8. The van der Waals surface area contributed by atoms with Gasteiger partial charge in [-0.05, 0) is 56.8 Å². The number of aliphatic carboxylic acids is 1. The SMILES string of the molecule is CC#CC[C@@H](C)[C@H](O)/C=C/[C@@H]1[C@H]2C/C(=C\CCCC(=O)O)C[C@H]2C[C@H]1O. The Morgan fingerprint density at radius 1 is 1.38 bits per heavy atom. The van der Waals surface area contributed by atoms with Crippen molar-refractivity contribution in [3.63, 3.8) is 0 Å². The third-order valence-corrected chi connectivity index (χ3v) is 5.85. The van der Waals surface area contributed by atoms with Crippen LogP contribution >= 0.6 is 0 Å². The molecule has 0 aromatic carbocycles. The van der Waals surface area contributed by atoms with Crippen molar-refractivity contribution < 1.29 is 20.1 Å². The molecule has 6 atom stereocenters. The molecule has 2 fully saturated rings. The van der Waals surface area contributed by atoms with Gasteiger partial charge in [0.15, 0.2) is 0 Å².